The number of rotatable bonds is 8. The summed E-state index contributed by atoms with van der Waals surface area (Å²) < 4.78 is 0. The Labute approximate surface area is 115 Å². The van der Waals surface area contributed by atoms with E-state index in [9.17, 15) is 4.79 Å². The van der Waals surface area contributed by atoms with Crippen molar-refractivity contribution < 1.29 is 4.79 Å². The quantitative estimate of drug-likeness (QED) is 0.752. The van der Waals surface area contributed by atoms with Gasteiger partial charge in [-0.25, -0.2) is 0 Å². The van der Waals surface area contributed by atoms with Crippen molar-refractivity contribution in [1.82, 2.24) is 10.6 Å². The fourth-order valence-corrected chi connectivity index (χ4v) is 2.04. The van der Waals surface area contributed by atoms with Crippen LogP contribution in [0.25, 0.3) is 0 Å². The van der Waals surface area contributed by atoms with E-state index >= 15 is 0 Å². The Hall–Kier alpha value is -1.35. The summed E-state index contributed by atoms with van der Waals surface area (Å²) in [6.07, 6.45) is 4.67. The summed E-state index contributed by atoms with van der Waals surface area (Å²) in [7, 11) is 0. The Morgan fingerprint density at radius 1 is 1.32 bits per heavy atom. The Balaban J connectivity index is 1.55. The lowest BCUT2D eigenvalue weighted by Crippen LogP contribution is -2.38. The molecule has 0 spiro atoms. The van der Waals surface area contributed by atoms with Crippen LogP contribution in [0.15, 0.2) is 30.3 Å². The van der Waals surface area contributed by atoms with Gasteiger partial charge in [-0.3, -0.25) is 4.79 Å². The van der Waals surface area contributed by atoms with Crippen LogP contribution < -0.4 is 10.6 Å². The van der Waals surface area contributed by atoms with E-state index in [1.165, 1.54) is 18.4 Å². The van der Waals surface area contributed by atoms with Gasteiger partial charge in [0.25, 0.3) is 0 Å². The van der Waals surface area contributed by atoms with Gasteiger partial charge in [-0.2, -0.15) is 0 Å². The normalized spacial score (nSPS) is 16.1. The standard InChI is InChI=1S/C16H24N2O/c1-13(7-8-14-5-3-2-4-6-14)17-12-16(19)18-11-15-9-10-15/h2-6,13,15,17H,7-12H2,1H3,(H,18,19). The molecule has 1 amide bonds. The van der Waals surface area contributed by atoms with Crippen LogP contribution >= 0.6 is 0 Å². The van der Waals surface area contributed by atoms with Gasteiger partial charge in [0, 0.05) is 12.6 Å². The molecular formula is C16H24N2O. The van der Waals surface area contributed by atoms with Crippen LogP contribution in [0.2, 0.25) is 0 Å². The van der Waals surface area contributed by atoms with E-state index in [4.69, 9.17) is 0 Å². The molecule has 0 heterocycles. The third-order valence-electron chi connectivity index (χ3n) is 3.60. The molecule has 0 saturated heterocycles. The summed E-state index contributed by atoms with van der Waals surface area (Å²) in [5.74, 6) is 0.873. The summed E-state index contributed by atoms with van der Waals surface area (Å²) in [6.45, 7) is 3.43. The highest BCUT2D eigenvalue weighted by Gasteiger charge is 2.21. The topological polar surface area (TPSA) is 41.1 Å². The first-order chi connectivity index (χ1) is 9.24. The molecule has 2 rings (SSSR count). The Kier molecular flexibility index (Phi) is 5.40. The smallest absolute Gasteiger partial charge is 0.233 e. The molecule has 3 heteroatoms. The molecule has 0 aliphatic heterocycles. The molecule has 104 valence electrons. The first-order valence-electron chi connectivity index (χ1n) is 7.28. The minimum Gasteiger partial charge on any atom is -0.355 e. The highest BCUT2D eigenvalue weighted by Crippen LogP contribution is 2.27. The highest BCUT2D eigenvalue weighted by atomic mass is 16.1. The molecule has 0 bridgehead atoms. The summed E-state index contributed by atoms with van der Waals surface area (Å²) in [4.78, 5) is 11.6. The second kappa shape index (κ2) is 7.29. The first kappa shape index (κ1) is 14.1. The van der Waals surface area contributed by atoms with Gasteiger partial charge in [-0.05, 0) is 44.1 Å². The highest BCUT2D eigenvalue weighted by molar-refractivity contribution is 5.78. The van der Waals surface area contributed by atoms with Gasteiger partial charge in [-0.15, -0.1) is 0 Å². The van der Waals surface area contributed by atoms with E-state index in [0.29, 0.717) is 12.6 Å². The Morgan fingerprint density at radius 3 is 2.74 bits per heavy atom. The van der Waals surface area contributed by atoms with Crippen LogP contribution in [0.1, 0.15) is 31.7 Å². The number of hydrogen-bond acceptors (Lipinski definition) is 2. The van der Waals surface area contributed by atoms with Gasteiger partial charge in [0.05, 0.1) is 6.54 Å². The summed E-state index contributed by atoms with van der Waals surface area (Å²) in [6, 6.07) is 10.8. The van der Waals surface area contributed by atoms with Crippen LogP contribution in [0.5, 0.6) is 0 Å². The number of hydrogen-bond donors (Lipinski definition) is 2. The maximum atomic E-state index is 11.6. The zero-order chi connectivity index (χ0) is 13.5. The summed E-state index contributed by atoms with van der Waals surface area (Å²) in [5.41, 5.74) is 1.36. The molecular weight excluding hydrogens is 236 g/mol. The molecule has 1 aromatic rings. The lowest BCUT2D eigenvalue weighted by Gasteiger charge is -2.13. The number of carbonyl (C=O) groups is 1. The Bertz CT molecular complexity index is 387. The molecule has 1 aromatic carbocycles. The maximum absolute atomic E-state index is 11.6. The summed E-state index contributed by atoms with van der Waals surface area (Å²) in [5, 5.41) is 6.26. The number of amides is 1. The lowest BCUT2D eigenvalue weighted by atomic mass is 10.1. The lowest BCUT2D eigenvalue weighted by molar-refractivity contribution is -0.120. The second-order valence-corrected chi connectivity index (χ2v) is 5.55. The number of benzene rings is 1. The van der Waals surface area contributed by atoms with Crippen molar-refractivity contribution in [2.24, 2.45) is 5.92 Å². The van der Waals surface area contributed by atoms with Gasteiger partial charge in [0.15, 0.2) is 0 Å². The Morgan fingerprint density at radius 2 is 2.05 bits per heavy atom. The van der Waals surface area contributed by atoms with E-state index in [2.05, 4.69) is 41.8 Å². The molecule has 1 saturated carbocycles. The van der Waals surface area contributed by atoms with Crippen LogP contribution in [0.3, 0.4) is 0 Å². The molecule has 1 aliphatic carbocycles. The van der Waals surface area contributed by atoms with Crippen LogP contribution in [-0.4, -0.2) is 25.0 Å². The van der Waals surface area contributed by atoms with Crippen molar-refractivity contribution in [3.05, 3.63) is 35.9 Å². The average Bonchev–Trinajstić information content (AvgIpc) is 3.26. The van der Waals surface area contributed by atoms with Crippen molar-refractivity contribution >= 4 is 5.91 Å². The second-order valence-electron chi connectivity index (χ2n) is 5.55. The van der Waals surface area contributed by atoms with Gasteiger partial charge < -0.3 is 10.6 Å². The minimum atomic E-state index is 0.124. The molecule has 1 aliphatic rings. The fourth-order valence-electron chi connectivity index (χ4n) is 2.04. The third-order valence-corrected chi connectivity index (χ3v) is 3.60. The van der Waals surface area contributed by atoms with Gasteiger partial charge in [-0.1, -0.05) is 30.3 Å². The monoisotopic (exact) mass is 260 g/mol. The minimum absolute atomic E-state index is 0.124. The zero-order valence-corrected chi connectivity index (χ0v) is 11.7. The van der Waals surface area contributed by atoms with Gasteiger partial charge in [0.2, 0.25) is 5.91 Å². The molecule has 0 aromatic heterocycles. The largest absolute Gasteiger partial charge is 0.355 e. The predicted molar refractivity (Wildman–Crippen MR) is 78.0 cm³/mol. The number of carbonyl (C=O) groups excluding carboxylic acids is 1. The number of aryl methyl sites for hydroxylation is 1. The molecule has 1 unspecified atom stereocenters. The van der Waals surface area contributed by atoms with Crippen molar-refractivity contribution in [3.63, 3.8) is 0 Å². The van der Waals surface area contributed by atoms with Gasteiger partial charge >= 0.3 is 0 Å². The third kappa shape index (κ3) is 5.88. The zero-order valence-electron chi connectivity index (χ0n) is 11.7. The van der Waals surface area contributed by atoms with E-state index in [1.54, 1.807) is 0 Å². The molecule has 1 fully saturated rings. The predicted octanol–water partition coefficient (Wildman–Crippen LogP) is 2.12. The van der Waals surface area contributed by atoms with E-state index in [1.807, 2.05) is 6.07 Å². The van der Waals surface area contributed by atoms with Crippen molar-refractivity contribution in [2.75, 3.05) is 13.1 Å². The SMILES string of the molecule is CC(CCc1ccccc1)NCC(=O)NCC1CC1. The molecule has 19 heavy (non-hydrogen) atoms. The fraction of sp³-hybridized carbons (Fsp3) is 0.562. The van der Waals surface area contributed by atoms with E-state index in [0.717, 1.165) is 25.3 Å². The number of nitrogens with one attached hydrogen (secondary N) is 2. The van der Waals surface area contributed by atoms with Crippen molar-refractivity contribution in [3.8, 4) is 0 Å². The van der Waals surface area contributed by atoms with Crippen LogP contribution in [0, 0.1) is 5.92 Å². The van der Waals surface area contributed by atoms with Gasteiger partial charge in [0.1, 0.15) is 0 Å². The molecule has 3 nitrogen and oxygen atoms in total. The van der Waals surface area contributed by atoms with Crippen molar-refractivity contribution in [2.45, 2.75) is 38.6 Å². The maximum Gasteiger partial charge on any atom is 0.233 e. The average molecular weight is 260 g/mol. The molecule has 0 radical (unpaired) electrons. The molecule has 1 atom stereocenters. The van der Waals surface area contributed by atoms with Crippen molar-refractivity contribution in [1.29, 1.82) is 0 Å². The van der Waals surface area contributed by atoms with Crippen LogP contribution in [0.4, 0.5) is 0 Å². The van der Waals surface area contributed by atoms with E-state index < -0.39 is 0 Å². The van der Waals surface area contributed by atoms with Crippen LogP contribution in [-0.2, 0) is 11.2 Å². The molecule has 2 N–H and O–H groups in total. The summed E-state index contributed by atoms with van der Waals surface area (Å²) >= 11 is 0. The van der Waals surface area contributed by atoms with E-state index in [-0.39, 0.29) is 5.91 Å². The first-order valence-corrected chi connectivity index (χ1v) is 7.28.